The Morgan fingerprint density at radius 3 is 1.91 bits per heavy atom. The minimum Gasteiger partial charge on any atom is -0.390 e. The lowest BCUT2D eigenvalue weighted by molar-refractivity contribution is 0.124. The van der Waals surface area contributed by atoms with E-state index in [0.717, 1.165) is 5.56 Å². The molecule has 115 valence electrons. The molecule has 0 bridgehead atoms. The highest BCUT2D eigenvalue weighted by Gasteiger charge is 2.25. The van der Waals surface area contributed by atoms with Crippen molar-refractivity contribution in [3.63, 3.8) is 0 Å². The summed E-state index contributed by atoms with van der Waals surface area (Å²) < 4.78 is 65.4. The van der Waals surface area contributed by atoms with Crippen LogP contribution in [0.25, 0.3) is 0 Å². The first kappa shape index (κ1) is 15.9. The Kier molecular flexibility index (Phi) is 4.75. The van der Waals surface area contributed by atoms with Crippen molar-refractivity contribution in [3.8, 4) is 0 Å². The Morgan fingerprint density at radius 2 is 1.36 bits per heavy atom. The molecule has 22 heavy (non-hydrogen) atoms. The molecule has 0 fully saturated rings. The van der Waals surface area contributed by atoms with Gasteiger partial charge in [0.15, 0.2) is 23.3 Å². The van der Waals surface area contributed by atoms with E-state index in [2.05, 4.69) is 16.2 Å². The predicted octanol–water partition coefficient (Wildman–Crippen LogP) is 4.12. The normalized spacial score (nSPS) is 11.2. The molecule has 0 saturated heterocycles. The fraction of sp³-hybridized carbons (Fsp3) is 0.133. The summed E-state index contributed by atoms with van der Waals surface area (Å²) in [5.74, 6) is -10.1. The Morgan fingerprint density at radius 1 is 0.864 bits per heavy atom. The third kappa shape index (κ3) is 3.24. The molecule has 2 nitrogen and oxygen atoms in total. The maximum absolute atomic E-state index is 13.3. The smallest absolute Gasteiger partial charge is 0.200 e. The van der Waals surface area contributed by atoms with Crippen LogP contribution in [0.5, 0.6) is 0 Å². The molecular formula is C15H9F5NO. The average molecular weight is 314 g/mol. The van der Waals surface area contributed by atoms with Gasteiger partial charge >= 0.3 is 0 Å². The van der Waals surface area contributed by atoms with Gasteiger partial charge < -0.3 is 4.84 Å². The van der Waals surface area contributed by atoms with Gasteiger partial charge in [0.1, 0.15) is 12.8 Å². The highest BCUT2D eigenvalue weighted by molar-refractivity contribution is 5.79. The second-order valence-electron chi connectivity index (χ2n) is 4.39. The van der Waals surface area contributed by atoms with Crippen molar-refractivity contribution in [2.75, 3.05) is 0 Å². The molecule has 2 aromatic rings. The summed E-state index contributed by atoms with van der Waals surface area (Å²) in [6, 6.07) is 6.89. The molecule has 0 spiro atoms. The van der Waals surface area contributed by atoms with E-state index in [1.165, 1.54) is 0 Å². The summed E-state index contributed by atoms with van der Waals surface area (Å²) in [7, 11) is 0. The Hall–Kier alpha value is -2.44. The maximum atomic E-state index is 13.3. The summed E-state index contributed by atoms with van der Waals surface area (Å²) in [6.07, 6.45) is 2.42. The number of rotatable bonds is 4. The Labute approximate surface area is 122 Å². The van der Waals surface area contributed by atoms with Gasteiger partial charge in [-0.1, -0.05) is 35.0 Å². The molecule has 0 atom stereocenters. The van der Waals surface area contributed by atoms with Crippen LogP contribution >= 0.6 is 0 Å². The minimum atomic E-state index is -2.21. The van der Waals surface area contributed by atoms with Gasteiger partial charge in [-0.15, -0.1) is 0 Å². The number of nitrogens with zero attached hydrogens (tertiary/aromatic N) is 1. The van der Waals surface area contributed by atoms with Crippen molar-refractivity contribution in [2.45, 2.75) is 13.5 Å². The molecule has 0 aliphatic carbocycles. The first-order valence-corrected chi connectivity index (χ1v) is 6.06. The molecule has 0 unspecified atom stereocenters. The van der Waals surface area contributed by atoms with Crippen LogP contribution in [0.2, 0.25) is 0 Å². The molecule has 0 aromatic heterocycles. The first-order chi connectivity index (χ1) is 10.4. The highest BCUT2D eigenvalue weighted by Crippen LogP contribution is 2.23. The molecular weight excluding hydrogens is 305 g/mol. The van der Waals surface area contributed by atoms with Gasteiger partial charge in [0.05, 0.1) is 5.56 Å². The molecule has 0 aliphatic rings. The topological polar surface area (TPSA) is 21.6 Å². The number of hydrogen-bond donors (Lipinski definition) is 0. The number of aryl methyl sites for hydroxylation is 1. The van der Waals surface area contributed by atoms with E-state index in [1.807, 2.05) is 6.92 Å². The highest BCUT2D eigenvalue weighted by atomic mass is 19.2. The number of benzene rings is 2. The van der Waals surface area contributed by atoms with Crippen LogP contribution in [0.4, 0.5) is 22.0 Å². The van der Waals surface area contributed by atoms with E-state index in [0.29, 0.717) is 5.56 Å². The Balaban J connectivity index is 2.11. The van der Waals surface area contributed by atoms with Crippen molar-refractivity contribution in [3.05, 3.63) is 70.0 Å². The zero-order valence-corrected chi connectivity index (χ0v) is 11.3. The summed E-state index contributed by atoms with van der Waals surface area (Å²) in [5.41, 5.74) is 0.446. The molecule has 2 rings (SSSR count). The lowest BCUT2D eigenvalue weighted by Gasteiger charge is -2.06. The summed E-state index contributed by atoms with van der Waals surface area (Å²) in [4.78, 5) is 4.54. The predicted molar refractivity (Wildman–Crippen MR) is 68.7 cm³/mol. The van der Waals surface area contributed by atoms with Crippen LogP contribution in [-0.4, -0.2) is 6.21 Å². The van der Waals surface area contributed by atoms with Gasteiger partial charge in [-0.25, -0.2) is 22.0 Å². The quantitative estimate of drug-likeness (QED) is 0.273. The Bertz CT molecular complexity index is 684. The van der Waals surface area contributed by atoms with E-state index in [1.54, 1.807) is 24.3 Å². The number of halogens is 5. The fourth-order valence-corrected chi connectivity index (χ4v) is 1.59. The van der Waals surface area contributed by atoms with E-state index < -0.39 is 41.3 Å². The van der Waals surface area contributed by atoms with Gasteiger partial charge in [0, 0.05) is 5.56 Å². The zero-order chi connectivity index (χ0) is 16.3. The van der Waals surface area contributed by atoms with Gasteiger partial charge in [-0.05, 0) is 6.92 Å². The zero-order valence-electron chi connectivity index (χ0n) is 11.3. The summed E-state index contributed by atoms with van der Waals surface area (Å²) in [5, 5.41) is 3.31. The fourth-order valence-electron chi connectivity index (χ4n) is 1.59. The van der Waals surface area contributed by atoms with Crippen LogP contribution in [0.15, 0.2) is 29.4 Å². The van der Waals surface area contributed by atoms with Gasteiger partial charge in [-0.2, -0.15) is 0 Å². The largest absolute Gasteiger partial charge is 0.390 e. The van der Waals surface area contributed by atoms with Crippen molar-refractivity contribution in [1.82, 2.24) is 0 Å². The van der Waals surface area contributed by atoms with Crippen molar-refractivity contribution in [2.24, 2.45) is 5.16 Å². The van der Waals surface area contributed by atoms with E-state index >= 15 is 0 Å². The SMILES string of the molecule is Cc1ccc(/[C]=N\OCc2c(F)c(F)c(F)c(F)c2F)cc1. The van der Waals surface area contributed by atoms with Crippen molar-refractivity contribution < 1.29 is 26.8 Å². The first-order valence-electron chi connectivity index (χ1n) is 6.06. The summed E-state index contributed by atoms with van der Waals surface area (Å²) >= 11 is 0. The monoisotopic (exact) mass is 314 g/mol. The lowest BCUT2D eigenvalue weighted by Crippen LogP contribution is -2.07. The summed E-state index contributed by atoms with van der Waals surface area (Å²) in [6.45, 7) is 0.964. The van der Waals surface area contributed by atoms with Gasteiger partial charge in [0.25, 0.3) is 0 Å². The third-order valence-electron chi connectivity index (χ3n) is 2.80. The average Bonchev–Trinajstić information content (AvgIpc) is 2.52. The third-order valence-corrected chi connectivity index (χ3v) is 2.80. The molecule has 7 heteroatoms. The number of hydrogen-bond acceptors (Lipinski definition) is 2. The maximum Gasteiger partial charge on any atom is 0.200 e. The van der Waals surface area contributed by atoms with E-state index in [4.69, 9.17) is 0 Å². The molecule has 0 saturated carbocycles. The van der Waals surface area contributed by atoms with Crippen molar-refractivity contribution in [1.29, 1.82) is 0 Å². The second kappa shape index (κ2) is 6.55. The molecule has 1 radical (unpaired) electrons. The second-order valence-corrected chi connectivity index (χ2v) is 4.39. The van der Waals surface area contributed by atoms with Crippen LogP contribution < -0.4 is 0 Å². The van der Waals surface area contributed by atoms with Crippen LogP contribution in [0.1, 0.15) is 16.7 Å². The lowest BCUT2D eigenvalue weighted by atomic mass is 10.2. The minimum absolute atomic E-state index is 0.531. The molecule has 2 aromatic carbocycles. The van der Waals surface area contributed by atoms with Gasteiger partial charge in [0.2, 0.25) is 5.82 Å². The van der Waals surface area contributed by atoms with Crippen LogP contribution in [0, 0.1) is 36.0 Å². The molecule has 0 heterocycles. The van der Waals surface area contributed by atoms with Gasteiger partial charge in [-0.3, -0.25) is 0 Å². The standard InChI is InChI=1S/C15H9F5NO/c1-8-2-4-9(5-3-8)6-21-22-7-10-11(16)13(18)15(20)14(19)12(10)17/h2-5H,7H2,1H3. The molecule has 0 N–H and O–H groups in total. The van der Waals surface area contributed by atoms with E-state index in [9.17, 15) is 22.0 Å². The van der Waals surface area contributed by atoms with Crippen LogP contribution in [-0.2, 0) is 11.4 Å². The van der Waals surface area contributed by atoms with Crippen LogP contribution in [0.3, 0.4) is 0 Å². The molecule has 0 amide bonds. The molecule has 0 aliphatic heterocycles. The van der Waals surface area contributed by atoms with Crippen molar-refractivity contribution >= 4 is 6.21 Å². The van der Waals surface area contributed by atoms with E-state index in [-0.39, 0.29) is 0 Å².